The van der Waals surface area contributed by atoms with Crippen LogP contribution >= 0.6 is 6.89 Å². The molecule has 3 atom stereocenters. The van der Waals surface area contributed by atoms with Gasteiger partial charge in [-0.1, -0.05) is 112 Å². The fourth-order valence-electron chi connectivity index (χ4n) is 8.03. The highest BCUT2D eigenvalue weighted by atomic mass is 31.2. The van der Waals surface area contributed by atoms with Crippen LogP contribution in [0.2, 0.25) is 18.1 Å². The number of amides is 2. The van der Waals surface area contributed by atoms with Gasteiger partial charge in [-0.05, 0) is 77.2 Å². The van der Waals surface area contributed by atoms with E-state index in [-0.39, 0.29) is 41.1 Å². The monoisotopic (exact) mass is 848 g/mol. The highest BCUT2D eigenvalue weighted by Gasteiger charge is 2.57. The van der Waals surface area contributed by atoms with Gasteiger partial charge in [0.25, 0.3) is 5.91 Å². The number of carboxylic acids is 1. The van der Waals surface area contributed by atoms with Crippen molar-refractivity contribution in [3.8, 4) is 5.75 Å². The summed E-state index contributed by atoms with van der Waals surface area (Å²) in [5.74, 6) is -2.39. The van der Waals surface area contributed by atoms with Crippen molar-refractivity contribution in [2.75, 3.05) is 32.9 Å². The lowest BCUT2D eigenvalue weighted by molar-refractivity contribution is -0.155. The SMILES string of the molecule is C=CCc1ccccc1P(=C(C(=O)O)N1C(=O)[C@H]([C@@H](C)O[Si](C)(C)C(C)(C)C)[C@H]1CC(=O)c1ccc(OCC(=O)N2CCOCC2)cc1)(c1ccccc1)c1ccccc1. The van der Waals surface area contributed by atoms with E-state index < -0.39 is 39.2 Å². The summed E-state index contributed by atoms with van der Waals surface area (Å²) in [5.41, 5.74) is 1.22. The minimum Gasteiger partial charge on any atom is -0.484 e. The van der Waals surface area contributed by atoms with Gasteiger partial charge < -0.3 is 28.8 Å². The van der Waals surface area contributed by atoms with Gasteiger partial charge >= 0.3 is 5.97 Å². The molecule has 2 heterocycles. The second kappa shape index (κ2) is 18.7. The van der Waals surface area contributed by atoms with Gasteiger partial charge in [0.15, 0.2) is 20.7 Å². The number of likely N-dealkylation sites (tertiary alicyclic amines) is 1. The first-order chi connectivity index (χ1) is 28.6. The largest absolute Gasteiger partial charge is 0.484 e. The van der Waals surface area contributed by atoms with E-state index in [0.717, 1.165) is 21.5 Å². The second-order valence-electron chi connectivity index (χ2n) is 16.9. The predicted octanol–water partition coefficient (Wildman–Crippen LogP) is 6.67. The molecular weight excluding hydrogens is 792 g/mol. The molecule has 2 saturated heterocycles. The summed E-state index contributed by atoms with van der Waals surface area (Å²) >= 11 is 0. The zero-order chi connectivity index (χ0) is 43.2. The Hall–Kier alpha value is -5.06. The smallest absolute Gasteiger partial charge is 0.353 e. The lowest BCUT2D eigenvalue weighted by atomic mass is 9.79. The number of hydrogen-bond donors (Lipinski definition) is 1. The summed E-state index contributed by atoms with van der Waals surface area (Å²) in [5, 5.41) is 13.8. The van der Waals surface area contributed by atoms with Crippen molar-refractivity contribution in [2.24, 2.45) is 5.92 Å². The maximum Gasteiger partial charge on any atom is 0.353 e. The third-order valence-corrected chi connectivity index (χ3v) is 21.0. The molecule has 316 valence electrons. The van der Waals surface area contributed by atoms with E-state index in [2.05, 4.69) is 40.4 Å². The Morgan fingerprint density at radius 1 is 0.900 bits per heavy atom. The van der Waals surface area contributed by atoms with Crippen molar-refractivity contribution in [1.29, 1.82) is 0 Å². The number of allylic oxidation sites excluding steroid dienone is 1. The third-order valence-electron chi connectivity index (χ3n) is 12.1. The second-order valence-corrected chi connectivity index (χ2v) is 24.9. The zero-order valence-corrected chi connectivity index (χ0v) is 37.4. The maximum atomic E-state index is 15.1. The molecule has 6 rings (SSSR count). The highest BCUT2D eigenvalue weighted by Crippen LogP contribution is 2.51. The summed E-state index contributed by atoms with van der Waals surface area (Å²) < 4.78 is 18.0. The maximum absolute atomic E-state index is 15.1. The van der Waals surface area contributed by atoms with Gasteiger partial charge in [0.1, 0.15) is 11.2 Å². The Morgan fingerprint density at radius 2 is 1.47 bits per heavy atom. The summed E-state index contributed by atoms with van der Waals surface area (Å²) in [6, 6.07) is 32.7. The number of benzene rings is 4. The number of ketones is 1. The molecule has 4 aromatic rings. The molecule has 0 bridgehead atoms. The molecule has 0 saturated carbocycles. The molecule has 1 N–H and O–H groups in total. The molecular formula is C48H57N2O8PSi. The lowest BCUT2D eigenvalue weighted by Gasteiger charge is -2.52. The van der Waals surface area contributed by atoms with E-state index in [4.69, 9.17) is 13.9 Å². The van der Waals surface area contributed by atoms with Gasteiger partial charge in [-0.25, -0.2) is 4.79 Å². The van der Waals surface area contributed by atoms with E-state index in [1.807, 2.05) is 91.9 Å². The molecule has 0 spiro atoms. The molecule has 2 aliphatic heterocycles. The van der Waals surface area contributed by atoms with Gasteiger partial charge in [-0.3, -0.25) is 14.4 Å². The molecule has 2 amide bonds. The van der Waals surface area contributed by atoms with Gasteiger partial charge in [-0.15, -0.1) is 6.58 Å². The molecule has 0 aliphatic carbocycles. The van der Waals surface area contributed by atoms with Crippen LogP contribution in [0.1, 0.15) is 50.0 Å². The molecule has 4 aromatic carbocycles. The van der Waals surface area contributed by atoms with Gasteiger partial charge in [-0.2, -0.15) is 0 Å². The quantitative estimate of drug-likeness (QED) is 0.0437. The van der Waals surface area contributed by atoms with Crippen molar-refractivity contribution in [1.82, 2.24) is 9.80 Å². The van der Waals surface area contributed by atoms with Crippen molar-refractivity contribution < 1.29 is 38.2 Å². The Morgan fingerprint density at radius 3 is 2.02 bits per heavy atom. The topological polar surface area (TPSA) is 123 Å². The Balaban J connectivity index is 1.49. The number of carbonyl (C=O) groups excluding carboxylic acids is 3. The molecule has 10 nitrogen and oxygen atoms in total. The first-order valence-electron chi connectivity index (χ1n) is 20.5. The number of β-lactam (4-membered cyclic amide) rings is 1. The minimum absolute atomic E-state index is 0.0522. The molecule has 0 aromatic heterocycles. The molecule has 0 radical (unpaired) electrons. The predicted molar refractivity (Wildman–Crippen MR) is 242 cm³/mol. The molecule has 0 unspecified atom stereocenters. The Kier molecular flexibility index (Phi) is 13.9. The molecule has 2 aliphatic rings. The van der Waals surface area contributed by atoms with Crippen molar-refractivity contribution in [2.45, 2.75) is 70.8 Å². The summed E-state index contributed by atoms with van der Waals surface area (Å²) in [4.78, 5) is 59.6. The number of aliphatic carboxylic acids is 1. The highest BCUT2D eigenvalue weighted by molar-refractivity contribution is 7.96. The molecule has 2 fully saturated rings. The van der Waals surface area contributed by atoms with E-state index >= 15 is 4.79 Å². The van der Waals surface area contributed by atoms with Gasteiger partial charge in [0.2, 0.25) is 5.91 Å². The first-order valence-corrected chi connectivity index (χ1v) is 25.2. The molecule has 12 heteroatoms. The number of ether oxygens (including phenoxy) is 2. The Labute approximate surface area is 355 Å². The van der Waals surface area contributed by atoms with Crippen LogP contribution in [0.5, 0.6) is 5.75 Å². The number of nitrogens with zero attached hydrogens (tertiary/aromatic N) is 2. The third kappa shape index (κ3) is 9.00. The summed E-state index contributed by atoms with van der Waals surface area (Å²) in [7, 11) is -2.42. The van der Waals surface area contributed by atoms with Gasteiger partial charge in [0, 0.05) is 32.0 Å². The van der Waals surface area contributed by atoms with Crippen molar-refractivity contribution in [3.05, 3.63) is 133 Å². The number of rotatable bonds is 16. The number of morpholine rings is 1. The van der Waals surface area contributed by atoms with Crippen LogP contribution in [-0.2, 0) is 30.0 Å². The average molecular weight is 849 g/mol. The van der Waals surface area contributed by atoms with E-state index in [1.54, 1.807) is 35.2 Å². The first kappa shape index (κ1) is 44.5. The summed E-state index contributed by atoms with van der Waals surface area (Å²) in [6.07, 6.45) is 1.53. The number of carbonyl (C=O) groups is 4. The van der Waals surface area contributed by atoms with Crippen LogP contribution in [0, 0.1) is 5.92 Å². The number of Topliss-reactive ketones (excluding diaryl/α,β-unsaturated/α-hetero) is 1. The molecule has 60 heavy (non-hydrogen) atoms. The van der Waals surface area contributed by atoms with Gasteiger partial charge in [0.05, 0.1) is 31.3 Å². The summed E-state index contributed by atoms with van der Waals surface area (Å²) in [6.45, 7) is 15.0. The zero-order valence-electron chi connectivity index (χ0n) is 35.5. The standard InChI is InChI=1S/C48H57N2O8PSi/c1-8-17-36-18-15-16-23-42(36)59(38-19-11-9-12-20-38,39-21-13-10-14-22-39)46(47(54)55)50-40(44(45(50)53)34(2)58-60(6,7)48(3,4)5)32-41(51)35-24-26-37(27-25-35)57-33-43(52)49-28-30-56-31-29-49/h8-16,18-27,34,40,44H,1,17,28-33H2,2-7H3,(H,54,55)/t34-,40-,44-/m1/s1. The lowest BCUT2D eigenvalue weighted by Crippen LogP contribution is -2.69. The van der Waals surface area contributed by atoms with Crippen molar-refractivity contribution >= 4 is 60.1 Å². The average Bonchev–Trinajstić information content (AvgIpc) is 3.23. The van der Waals surface area contributed by atoms with Crippen molar-refractivity contribution in [3.63, 3.8) is 0 Å². The number of carboxylic acid groups (broad SMARTS) is 1. The van der Waals surface area contributed by atoms with E-state index in [0.29, 0.717) is 44.0 Å². The normalized spacial score (nSPS) is 17.7. The fraction of sp³-hybridized carbons (Fsp3) is 0.354. The number of hydrogen-bond acceptors (Lipinski definition) is 7. The van der Waals surface area contributed by atoms with Crippen LogP contribution in [0.15, 0.2) is 122 Å². The van der Waals surface area contributed by atoms with Crippen LogP contribution in [0.4, 0.5) is 0 Å². The van der Waals surface area contributed by atoms with E-state index in [1.165, 1.54) is 4.90 Å². The van der Waals surface area contributed by atoms with Crippen LogP contribution in [-0.4, -0.2) is 97.3 Å². The van der Waals surface area contributed by atoms with Crippen LogP contribution in [0.25, 0.3) is 0 Å². The fourth-order valence-corrected chi connectivity index (χ4v) is 14.0. The van der Waals surface area contributed by atoms with Crippen LogP contribution < -0.4 is 20.7 Å². The Bertz CT molecular complexity index is 2210. The minimum atomic E-state index is -3.38. The van der Waals surface area contributed by atoms with E-state index in [9.17, 15) is 19.5 Å². The van der Waals surface area contributed by atoms with Crippen LogP contribution in [0.3, 0.4) is 0 Å².